The van der Waals surface area contributed by atoms with Crippen LogP contribution in [0.5, 0.6) is 0 Å². The summed E-state index contributed by atoms with van der Waals surface area (Å²) in [5.74, 6) is -0.922. The maximum absolute atomic E-state index is 12.4. The second-order valence-electron chi connectivity index (χ2n) is 13.3. The Hall–Kier alpha value is -2.51. The van der Waals surface area contributed by atoms with Gasteiger partial charge < -0.3 is 19.3 Å². The molecule has 0 aromatic carbocycles. The first-order valence-electron chi connectivity index (χ1n) is 20.3. The van der Waals surface area contributed by atoms with Gasteiger partial charge in [0.15, 0.2) is 6.10 Å². The topological polar surface area (TPSA) is 119 Å². The molecule has 1 atom stereocenters. The normalized spacial score (nSPS) is 13.2. The molecular weight excluding hydrogens is 675 g/mol. The fourth-order valence-corrected chi connectivity index (χ4v) is 5.66. The highest BCUT2D eigenvalue weighted by atomic mass is 31.2. The van der Waals surface area contributed by atoms with E-state index in [-0.39, 0.29) is 19.4 Å². The quantitative estimate of drug-likeness (QED) is 0.0214. The summed E-state index contributed by atoms with van der Waals surface area (Å²) < 4.78 is 26.3. The van der Waals surface area contributed by atoms with Gasteiger partial charge in [0.1, 0.15) is 6.61 Å². The third kappa shape index (κ3) is 40.3. The number of phosphoric acid groups is 1. The molecule has 9 heteroatoms. The lowest BCUT2D eigenvalue weighted by molar-refractivity contribution is -0.161. The minimum absolute atomic E-state index is 0.198. The molecule has 0 aliphatic rings. The first-order chi connectivity index (χ1) is 25.3. The van der Waals surface area contributed by atoms with Gasteiger partial charge in [-0.15, -0.1) is 0 Å². The molecule has 0 spiro atoms. The van der Waals surface area contributed by atoms with Crippen molar-refractivity contribution in [1.29, 1.82) is 0 Å². The Bertz CT molecular complexity index is 1070. The van der Waals surface area contributed by atoms with Crippen LogP contribution in [0.15, 0.2) is 72.9 Å². The van der Waals surface area contributed by atoms with Crippen molar-refractivity contribution >= 4 is 19.8 Å². The van der Waals surface area contributed by atoms with Crippen LogP contribution < -0.4 is 0 Å². The van der Waals surface area contributed by atoms with Crippen LogP contribution in [0.25, 0.3) is 0 Å². The number of esters is 2. The Labute approximate surface area is 317 Å². The molecule has 0 radical (unpaired) electrons. The van der Waals surface area contributed by atoms with Crippen molar-refractivity contribution in [2.24, 2.45) is 0 Å². The molecule has 0 rings (SSSR count). The fourth-order valence-electron chi connectivity index (χ4n) is 5.30. The van der Waals surface area contributed by atoms with Crippen LogP contribution in [0.2, 0.25) is 0 Å². The summed E-state index contributed by atoms with van der Waals surface area (Å²) in [7, 11) is -4.76. The lowest BCUT2D eigenvalue weighted by Gasteiger charge is -2.18. The van der Waals surface area contributed by atoms with Crippen LogP contribution in [-0.2, 0) is 28.2 Å². The van der Waals surface area contributed by atoms with E-state index in [2.05, 4.69) is 60.9 Å². The molecule has 298 valence electrons. The molecule has 0 fully saturated rings. The van der Waals surface area contributed by atoms with Crippen LogP contribution in [0.1, 0.15) is 168 Å². The van der Waals surface area contributed by atoms with E-state index in [0.717, 1.165) is 70.6 Å². The van der Waals surface area contributed by atoms with Crippen molar-refractivity contribution in [1.82, 2.24) is 0 Å². The van der Waals surface area contributed by atoms with E-state index in [1.54, 1.807) is 0 Å². The van der Waals surface area contributed by atoms with Crippen molar-refractivity contribution in [3.63, 3.8) is 0 Å². The Morgan fingerprint density at radius 3 is 1.54 bits per heavy atom. The zero-order chi connectivity index (χ0) is 38.2. The van der Waals surface area contributed by atoms with Gasteiger partial charge in [-0.1, -0.05) is 164 Å². The molecule has 0 aliphatic carbocycles. The Morgan fingerprint density at radius 2 is 1.00 bits per heavy atom. The summed E-state index contributed by atoms with van der Waals surface area (Å²) in [5.41, 5.74) is 0. The SMILES string of the molecule is CC/C=C/C=C/C=C/C=C/CCCCCCCC(=O)OC[C@H](COP(=O)(O)O)OC(=O)CCCCCCCCCCC/C=C/C/C=C/CCCCC. The van der Waals surface area contributed by atoms with E-state index >= 15 is 0 Å². The average Bonchev–Trinajstić information content (AvgIpc) is 3.11. The van der Waals surface area contributed by atoms with Gasteiger partial charge in [0.05, 0.1) is 6.61 Å². The van der Waals surface area contributed by atoms with Gasteiger partial charge in [0.2, 0.25) is 0 Å². The molecule has 0 saturated carbocycles. The lowest BCUT2D eigenvalue weighted by Crippen LogP contribution is -2.29. The molecule has 52 heavy (non-hydrogen) atoms. The minimum Gasteiger partial charge on any atom is -0.462 e. The van der Waals surface area contributed by atoms with Crippen LogP contribution in [0.4, 0.5) is 0 Å². The van der Waals surface area contributed by atoms with Crippen molar-refractivity contribution in [3.8, 4) is 0 Å². The molecule has 2 N–H and O–H groups in total. The van der Waals surface area contributed by atoms with Gasteiger partial charge in [-0.3, -0.25) is 14.1 Å². The van der Waals surface area contributed by atoms with E-state index in [1.165, 1.54) is 57.8 Å². The van der Waals surface area contributed by atoms with Gasteiger partial charge in [0, 0.05) is 12.8 Å². The highest BCUT2D eigenvalue weighted by Crippen LogP contribution is 2.36. The third-order valence-corrected chi connectivity index (χ3v) is 8.79. The number of phosphoric ester groups is 1. The molecule has 0 amide bonds. The summed E-state index contributed by atoms with van der Waals surface area (Å²) in [6.07, 6.45) is 49.0. The zero-order valence-corrected chi connectivity index (χ0v) is 33.6. The van der Waals surface area contributed by atoms with E-state index < -0.39 is 32.5 Å². The predicted octanol–water partition coefficient (Wildman–Crippen LogP) is 12.3. The van der Waals surface area contributed by atoms with Gasteiger partial charge in [0.25, 0.3) is 0 Å². The number of allylic oxidation sites excluding steroid dienone is 12. The van der Waals surface area contributed by atoms with Crippen molar-refractivity contribution in [2.75, 3.05) is 13.2 Å². The Morgan fingerprint density at radius 1 is 0.538 bits per heavy atom. The van der Waals surface area contributed by atoms with E-state index in [4.69, 9.17) is 19.3 Å². The second kappa shape index (κ2) is 38.2. The molecule has 0 aromatic heterocycles. The van der Waals surface area contributed by atoms with Crippen molar-refractivity contribution < 1.29 is 37.9 Å². The zero-order valence-electron chi connectivity index (χ0n) is 32.7. The molecule has 0 heterocycles. The van der Waals surface area contributed by atoms with Crippen LogP contribution in [0.3, 0.4) is 0 Å². The average molecular weight is 749 g/mol. The molecule has 0 bridgehead atoms. The number of hydrogen-bond donors (Lipinski definition) is 2. The minimum atomic E-state index is -4.76. The Balaban J connectivity index is 3.98. The summed E-state index contributed by atoms with van der Waals surface area (Å²) >= 11 is 0. The first-order valence-corrected chi connectivity index (χ1v) is 21.8. The third-order valence-electron chi connectivity index (χ3n) is 8.30. The Kier molecular flexibility index (Phi) is 36.4. The largest absolute Gasteiger partial charge is 0.469 e. The number of rotatable bonds is 36. The number of carbonyl (C=O) groups excluding carboxylic acids is 2. The molecular formula is C43H73O8P. The van der Waals surface area contributed by atoms with E-state index in [9.17, 15) is 14.2 Å². The second-order valence-corrected chi connectivity index (χ2v) is 14.6. The standard InChI is InChI=1S/C43H73O8P/c1-3-5-7-9-11-13-15-17-19-20-21-22-24-26-28-30-32-34-36-38-43(45)51-41(40-50-52(46,47)48)39-49-42(44)37-35-33-31-29-27-25-23-18-16-14-12-10-8-6-4-2/h6,8,10-14,16-19,23,41H,3-5,7,9,15,20-22,24-40H2,1-2H3,(H2,46,47,48)/b8-6+,12-10+,13-11+,16-14+,19-17+,23-18+/t41-/m1/s1. The maximum Gasteiger partial charge on any atom is 0.469 e. The van der Waals surface area contributed by atoms with Crippen LogP contribution >= 0.6 is 7.82 Å². The van der Waals surface area contributed by atoms with Gasteiger partial charge in [-0.25, -0.2) is 4.57 Å². The number of carbonyl (C=O) groups is 2. The highest BCUT2D eigenvalue weighted by molar-refractivity contribution is 7.46. The fraction of sp³-hybridized carbons (Fsp3) is 0.674. The monoisotopic (exact) mass is 749 g/mol. The smallest absolute Gasteiger partial charge is 0.462 e. The molecule has 0 aromatic rings. The highest BCUT2D eigenvalue weighted by Gasteiger charge is 2.22. The number of unbranched alkanes of at least 4 members (excludes halogenated alkanes) is 17. The van der Waals surface area contributed by atoms with E-state index in [1.807, 2.05) is 30.4 Å². The first kappa shape index (κ1) is 49.5. The number of ether oxygens (including phenoxy) is 2. The van der Waals surface area contributed by atoms with Crippen molar-refractivity contribution in [2.45, 2.75) is 174 Å². The maximum atomic E-state index is 12.4. The van der Waals surface area contributed by atoms with E-state index in [0.29, 0.717) is 12.8 Å². The van der Waals surface area contributed by atoms with Gasteiger partial charge in [-0.05, 0) is 64.2 Å². The molecule has 0 saturated heterocycles. The van der Waals surface area contributed by atoms with Crippen LogP contribution in [-0.4, -0.2) is 41.0 Å². The summed E-state index contributed by atoms with van der Waals surface area (Å²) in [6.45, 7) is 3.49. The predicted molar refractivity (Wildman–Crippen MR) is 216 cm³/mol. The molecule has 0 unspecified atom stereocenters. The lowest BCUT2D eigenvalue weighted by atomic mass is 10.1. The summed E-state index contributed by atoms with van der Waals surface area (Å²) in [6, 6.07) is 0. The number of hydrogen-bond acceptors (Lipinski definition) is 6. The van der Waals surface area contributed by atoms with Crippen molar-refractivity contribution in [3.05, 3.63) is 72.9 Å². The summed E-state index contributed by atoms with van der Waals surface area (Å²) in [5, 5.41) is 0. The molecule has 0 aliphatic heterocycles. The van der Waals surface area contributed by atoms with Gasteiger partial charge in [-0.2, -0.15) is 0 Å². The summed E-state index contributed by atoms with van der Waals surface area (Å²) in [4.78, 5) is 42.8. The van der Waals surface area contributed by atoms with Crippen LogP contribution in [0, 0.1) is 0 Å². The van der Waals surface area contributed by atoms with Gasteiger partial charge >= 0.3 is 19.8 Å². The molecule has 8 nitrogen and oxygen atoms in total.